The van der Waals surface area contributed by atoms with Gasteiger partial charge in [-0.3, -0.25) is 4.79 Å². The van der Waals surface area contributed by atoms with Crippen molar-refractivity contribution < 1.29 is 4.79 Å². The molecule has 0 aliphatic heterocycles. The molecule has 0 atom stereocenters. The number of aryl methyl sites for hydroxylation is 1. The van der Waals surface area contributed by atoms with Crippen LogP contribution in [-0.4, -0.2) is 17.4 Å². The summed E-state index contributed by atoms with van der Waals surface area (Å²) in [6.07, 6.45) is 4.96. The molecule has 0 radical (unpaired) electrons. The van der Waals surface area contributed by atoms with Crippen LogP contribution in [0.3, 0.4) is 0 Å². The standard InChI is InChI=1S/C16H21N3OS/c1-12(20)18-9-3-2-4-13-5-7-14(8-6-13)16-19-11-15(10-17)21-16/h5-8,11H,2-4,9-10,17H2,1H3,(H,18,20). The Morgan fingerprint density at radius 1 is 1.29 bits per heavy atom. The highest BCUT2D eigenvalue weighted by Gasteiger charge is 2.04. The molecule has 0 spiro atoms. The molecule has 2 aromatic rings. The topological polar surface area (TPSA) is 68.0 Å². The Bertz CT molecular complexity index is 577. The second-order valence-corrected chi connectivity index (χ2v) is 6.09. The SMILES string of the molecule is CC(=O)NCCCCc1ccc(-c2ncc(CN)s2)cc1. The molecule has 21 heavy (non-hydrogen) atoms. The van der Waals surface area contributed by atoms with Crippen molar-refractivity contribution in [2.75, 3.05) is 6.54 Å². The molecule has 0 aliphatic rings. The molecular weight excluding hydrogens is 282 g/mol. The van der Waals surface area contributed by atoms with E-state index in [4.69, 9.17) is 5.73 Å². The van der Waals surface area contributed by atoms with Crippen molar-refractivity contribution >= 4 is 17.2 Å². The normalized spacial score (nSPS) is 10.6. The summed E-state index contributed by atoms with van der Waals surface area (Å²) in [5.74, 6) is 0.0413. The lowest BCUT2D eigenvalue weighted by atomic mass is 10.1. The zero-order valence-corrected chi connectivity index (χ0v) is 13.1. The quantitative estimate of drug-likeness (QED) is 0.773. The number of benzene rings is 1. The molecule has 0 fully saturated rings. The molecule has 1 aromatic carbocycles. The number of hydrogen-bond acceptors (Lipinski definition) is 4. The van der Waals surface area contributed by atoms with Crippen LogP contribution in [0.4, 0.5) is 0 Å². The van der Waals surface area contributed by atoms with Crippen molar-refractivity contribution in [1.82, 2.24) is 10.3 Å². The summed E-state index contributed by atoms with van der Waals surface area (Å²) in [5.41, 5.74) is 8.06. The number of carbonyl (C=O) groups excluding carboxylic acids is 1. The number of nitrogens with one attached hydrogen (secondary N) is 1. The van der Waals surface area contributed by atoms with Crippen molar-refractivity contribution in [3.63, 3.8) is 0 Å². The highest BCUT2D eigenvalue weighted by molar-refractivity contribution is 7.15. The number of carbonyl (C=O) groups is 1. The van der Waals surface area contributed by atoms with Crippen molar-refractivity contribution in [2.45, 2.75) is 32.7 Å². The highest BCUT2D eigenvalue weighted by Crippen LogP contribution is 2.25. The van der Waals surface area contributed by atoms with E-state index < -0.39 is 0 Å². The Balaban J connectivity index is 1.83. The van der Waals surface area contributed by atoms with Gasteiger partial charge in [-0.15, -0.1) is 11.3 Å². The van der Waals surface area contributed by atoms with Crippen molar-refractivity contribution in [3.05, 3.63) is 40.9 Å². The van der Waals surface area contributed by atoms with Gasteiger partial charge in [-0.25, -0.2) is 4.98 Å². The molecule has 0 aliphatic carbocycles. The average Bonchev–Trinajstić information content (AvgIpc) is 2.96. The summed E-state index contributed by atoms with van der Waals surface area (Å²) in [6.45, 7) is 2.85. The minimum Gasteiger partial charge on any atom is -0.356 e. The van der Waals surface area contributed by atoms with Crippen LogP contribution in [-0.2, 0) is 17.8 Å². The Hall–Kier alpha value is -1.72. The first-order chi connectivity index (χ1) is 10.2. The van der Waals surface area contributed by atoms with Gasteiger partial charge in [0.25, 0.3) is 0 Å². The summed E-state index contributed by atoms with van der Waals surface area (Å²) in [7, 11) is 0. The number of aromatic nitrogens is 1. The van der Waals surface area contributed by atoms with Gasteiger partial charge >= 0.3 is 0 Å². The number of nitrogens with zero attached hydrogens (tertiary/aromatic N) is 1. The van der Waals surface area contributed by atoms with Gasteiger partial charge in [0.1, 0.15) is 5.01 Å². The lowest BCUT2D eigenvalue weighted by Gasteiger charge is -2.04. The maximum absolute atomic E-state index is 10.7. The van der Waals surface area contributed by atoms with Gasteiger partial charge in [-0.05, 0) is 24.8 Å². The first-order valence-electron chi connectivity index (χ1n) is 7.17. The van der Waals surface area contributed by atoms with E-state index >= 15 is 0 Å². The Morgan fingerprint density at radius 2 is 2.05 bits per heavy atom. The van der Waals surface area contributed by atoms with Crippen LogP contribution in [0.2, 0.25) is 0 Å². The highest BCUT2D eigenvalue weighted by atomic mass is 32.1. The molecule has 1 aromatic heterocycles. The third-order valence-corrected chi connectivity index (χ3v) is 4.29. The lowest BCUT2D eigenvalue weighted by Crippen LogP contribution is -2.20. The van der Waals surface area contributed by atoms with Crippen LogP contribution >= 0.6 is 11.3 Å². The van der Waals surface area contributed by atoms with Crippen molar-refractivity contribution in [2.24, 2.45) is 5.73 Å². The molecule has 0 unspecified atom stereocenters. The number of hydrogen-bond donors (Lipinski definition) is 2. The second-order valence-electron chi connectivity index (χ2n) is 4.97. The molecule has 2 rings (SSSR count). The van der Waals surface area contributed by atoms with E-state index in [0.717, 1.165) is 41.3 Å². The largest absolute Gasteiger partial charge is 0.356 e. The fourth-order valence-corrected chi connectivity index (χ4v) is 2.86. The Kier molecular flexibility index (Phi) is 5.90. The molecule has 112 valence electrons. The van der Waals surface area contributed by atoms with E-state index in [-0.39, 0.29) is 5.91 Å². The Morgan fingerprint density at radius 3 is 2.67 bits per heavy atom. The molecule has 1 amide bonds. The number of rotatable bonds is 7. The summed E-state index contributed by atoms with van der Waals surface area (Å²) in [4.78, 5) is 16.2. The van der Waals surface area contributed by atoms with Crippen molar-refractivity contribution in [3.8, 4) is 10.6 Å². The van der Waals surface area contributed by atoms with Gasteiger partial charge in [-0.2, -0.15) is 0 Å². The summed E-state index contributed by atoms with van der Waals surface area (Å²) < 4.78 is 0. The predicted molar refractivity (Wildman–Crippen MR) is 87.1 cm³/mol. The van der Waals surface area contributed by atoms with Gasteiger partial charge in [0.15, 0.2) is 0 Å². The van der Waals surface area contributed by atoms with Gasteiger partial charge in [-0.1, -0.05) is 24.3 Å². The molecule has 0 saturated carbocycles. The van der Waals surface area contributed by atoms with Crippen LogP contribution in [0.5, 0.6) is 0 Å². The van der Waals surface area contributed by atoms with Crippen LogP contribution in [0.25, 0.3) is 10.6 Å². The molecule has 3 N–H and O–H groups in total. The molecular formula is C16H21N3OS. The first kappa shape index (κ1) is 15.7. The first-order valence-corrected chi connectivity index (χ1v) is 7.99. The third-order valence-electron chi connectivity index (χ3n) is 3.22. The van der Waals surface area contributed by atoms with Crippen LogP contribution < -0.4 is 11.1 Å². The molecule has 4 nitrogen and oxygen atoms in total. The van der Waals surface area contributed by atoms with Gasteiger partial charge < -0.3 is 11.1 Å². The van der Waals surface area contributed by atoms with E-state index in [1.807, 2.05) is 6.20 Å². The van der Waals surface area contributed by atoms with E-state index in [1.165, 1.54) is 5.56 Å². The van der Waals surface area contributed by atoms with Gasteiger partial charge in [0.05, 0.1) is 0 Å². The number of unbranched alkanes of at least 4 members (excludes halogenated alkanes) is 1. The van der Waals surface area contributed by atoms with E-state index in [0.29, 0.717) is 6.54 Å². The summed E-state index contributed by atoms with van der Waals surface area (Å²) >= 11 is 1.64. The van der Waals surface area contributed by atoms with Crippen LogP contribution in [0, 0.1) is 0 Å². The summed E-state index contributed by atoms with van der Waals surface area (Å²) in [6, 6.07) is 8.53. The number of nitrogens with two attached hydrogens (primary N) is 1. The zero-order chi connectivity index (χ0) is 15.1. The maximum atomic E-state index is 10.7. The van der Waals surface area contributed by atoms with E-state index in [1.54, 1.807) is 18.3 Å². The Labute approximate surface area is 129 Å². The zero-order valence-electron chi connectivity index (χ0n) is 12.3. The number of thiazole rings is 1. The van der Waals surface area contributed by atoms with Gasteiger partial charge in [0.2, 0.25) is 5.91 Å². The van der Waals surface area contributed by atoms with Crippen LogP contribution in [0.1, 0.15) is 30.2 Å². The number of amides is 1. The molecule has 0 bridgehead atoms. The molecule has 5 heteroatoms. The lowest BCUT2D eigenvalue weighted by molar-refractivity contribution is -0.118. The van der Waals surface area contributed by atoms with E-state index in [9.17, 15) is 4.79 Å². The smallest absolute Gasteiger partial charge is 0.216 e. The fourth-order valence-electron chi connectivity index (χ4n) is 2.07. The minimum absolute atomic E-state index is 0.0413. The van der Waals surface area contributed by atoms with Gasteiger partial charge in [0, 0.05) is 36.7 Å². The predicted octanol–water partition coefficient (Wildman–Crippen LogP) is 2.73. The monoisotopic (exact) mass is 303 g/mol. The molecule has 1 heterocycles. The van der Waals surface area contributed by atoms with Crippen LogP contribution in [0.15, 0.2) is 30.5 Å². The average molecular weight is 303 g/mol. The molecule has 0 saturated heterocycles. The maximum Gasteiger partial charge on any atom is 0.216 e. The summed E-state index contributed by atoms with van der Waals surface area (Å²) in [5, 5.41) is 3.84. The second kappa shape index (κ2) is 7.90. The fraction of sp³-hybridized carbons (Fsp3) is 0.375. The third kappa shape index (κ3) is 4.95. The van der Waals surface area contributed by atoms with E-state index in [2.05, 4.69) is 34.6 Å². The van der Waals surface area contributed by atoms with Crippen molar-refractivity contribution in [1.29, 1.82) is 0 Å². The minimum atomic E-state index is 0.0413.